The van der Waals surface area contributed by atoms with Gasteiger partial charge in [0.05, 0.1) is 0 Å². The lowest BCUT2D eigenvalue weighted by Gasteiger charge is -2.18. The Morgan fingerprint density at radius 3 is 1.60 bits per heavy atom. The van der Waals surface area contributed by atoms with E-state index >= 15 is 0 Å². The molecule has 7 nitrogen and oxygen atoms in total. The van der Waals surface area contributed by atoms with E-state index in [0.717, 1.165) is 0 Å². The summed E-state index contributed by atoms with van der Waals surface area (Å²) < 4.78 is 26.8. The minimum absolute atomic E-state index is 0.138. The van der Waals surface area contributed by atoms with Crippen LogP contribution < -0.4 is 18.9 Å². The zero-order valence-corrected chi connectivity index (χ0v) is 13.0. The number of aldehydes is 2. The van der Waals surface area contributed by atoms with Gasteiger partial charge in [0.2, 0.25) is 13.6 Å². The molecule has 0 bridgehead atoms. The highest BCUT2D eigenvalue weighted by Crippen LogP contribution is 2.37. The van der Waals surface area contributed by atoms with Gasteiger partial charge in [-0.15, -0.1) is 0 Å². The van der Waals surface area contributed by atoms with Crippen LogP contribution >= 0.6 is 0 Å². The van der Waals surface area contributed by atoms with Gasteiger partial charge in [-0.2, -0.15) is 0 Å². The van der Waals surface area contributed by atoms with Crippen LogP contribution in [0.5, 0.6) is 23.0 Å². The average Bonchev–Trinajstić information content (AvgIpc) is 3.30. The van der Waals surface area contributed by atoms with E-state index in [1.54, 1.807) is 36.4 Å². The van der Waals surface area contributed by atoms with Crippen molar-refractivity contribution in [3.63, 3.8) is 0 Å². The number of hydrogen-bond acceptors (Lipinski definition) is 7. The van der Waals surface area contributed by atoms with Crippen molar-refractivity contribution < 1.29 is 33.3 Å². The van der Waals surface area contributed by atoms with Gasteiger partial charge in [0.15, 0.2) is 35.6 Å². The van der Waals surface area contributed by atoms with Crippen molar-refractivity contribution in [3.8, 4) is 23.0 Å². The van der Waals surface area contributed by atoms with Crippen molar-refractivity contribution in [3.05, 3.63) is 47.5 Å². The molecule has 2 heterocycles. The molecular formula is C18H14O7. The molecule has 4 rings (SSSR count). The van der Waals surface area contributed by atoms with Crippen molar-refractivity contribution in [2.75, 3.05) is 13.6 Å². The van der Waals surface area contributed by atoms with Gasteiger partial charge in [0, 0.05) is 0 Å². The maximum absolute atomic E-state index is 11.5. The fourth-order valence-electron chi connectivity index (χ4n) is 2.72. The van der Waals surface area contributed by atoms with Crippen LogP contribution in [0.25, 0.3) is 0 Å². The summed E-state index contributed by atoms with van der Waals surface area (Å²) in [5.41, 5.74) is 1.15. The summed E-state index contributed by atoms with van der Waals surface area (Å²) in [6.07, 6.45) is -0.563. The summed E-state index contributed by atoms with van der Waals surface area (Å²) in [5, 5.41) is 0. The first-order chi connectivity index (χ1) is 12.3. The van der Waals surface area contributed by atoms with Crippen molar-refractivity contribution in [2.45, 2.75) is 12.2 Å². The second-order valence-corrected chi connectivity index (χ2v) is 5.47. The Kier molecular flexibility index (Phi) is 3.99. The average molecular weight is 342 g/mol. The molecule has 128 valence electrons. The fraction of sp³-hybridized carbons (Fsp3) is 0.222. The zero-order chi connectivity index (χ0) is 17.2. The quantitative estimate of drug-likeness (QED) is 0.745. The maximum atomic E-state index is 11.5. The normalized spacial score (nSPS) is 16.3. The second-order valence-electron chi connectivity index (χ2n) is 5.47. The van der Waals surface area contributed by atoms with Crippen LogP contribution in [0.1, 0.15) is 23.3 Å². The third-order valence-electron chi connectivity index (χ3n) is 3.99. The molecule has 2 aliphatic rings. The molecule has 2 unspecified atom stereocenters. The lowest BCUT2D eigenvalue weighted by molar-refractivity contribution is -0.130. The number of ether oxygens (including phenoxy) is 5. The number of fused-ring (bicyclic) bond motifs is 2. The second kappa shape index (κ2) is 6.45. The van der Waals surface area contributed by atoms with Crippen molar-refractivity contribution >= 4 is 12.6 Å². The van der Waals surface area contributed by atoms with E-state index in [4.69, 9.17) is 23.7 Å². The third-order valence-corrected chi connectivity index (χ3v) is 3.99. The molecule has 2 aliphatic heterocycles. The summed E-state index contributed by atoms with van der Waals surface area (Å²) in [7, 11) is 0. The van der Waals surface area contributed by atoms with Crippen molar-refractivity contribution in [2.24, 2.45) is 0 Å². The Morgan fingerprint density at radius 1 is 0.720 bits per heavy atom. The van der Waals surface area contributed by atoms with E-state index in [9.17, 15) is 9.59 Å². The fourth-order valence-corrected chi connectivity index (χ4v) is 2.72. The minimum atomic E-state index is -0.921. The number of benzene rings is 2. The predicted molar refractivity (Wildman–Crippen MR) is 83.8 cm³/mol. The molecule has 2 aromatic carbocycles. The van der Waals surface area contributed by atoms with E-state index in [0.29, 0.717) is 46.7 Å². The van der Waals surface area contributed by atoms with Crippen LogP contribution in [-0.2, 0) is 14.3 Å². The Hall–Kier alpha value is -3.06. The number of rotatable bonds is 6. The molecule has 0 saturated carbocycles. The van der Waals surface area contributed by atoms with Crippen LogP contribution in [0.4, 0.5) is 0 Å². The van der Waals surface area contributed by atoms with E-state index in [1.807, 2.05) is 0 Å². The lowest BCUT2D eigenvalue weighted by atomic mass is 10.1. The molecule has 0 radical (unpaired) electrons. The van der Waals surface area contributed by atoms with Gasteiger partial charge < -0.3 is 33.3 Å². The molecule has 0 amide bonds. The molecule has 0 spiro atoms. The Morgan fingerprint density at radius 2 is 1.16 bits per heavy atom. The Labute approximate surface area is 143 Å². The molecule has 7 heteroatoms. The molecule has 0 aromatic heterocycles. The van der Waals surface area contributed by atoms with Gasteiger partial charge >= 0.3 is 0 Å². The number of carbonyl (C=O) groups excluding carboxylic acids is 2. The van der Waals surface area contributed by atoms with E-state index in [1.165, 1.54) is 0 Å². The Balaban J connectivity index is 1.57. The lowest BCUT2D eigenvalue weighted by Crippen LogP contribution is -2.13. The Bertz CT molecular complexity index is 750. The van der Waals surface area contributed by atoms with Gasteiger partial charge in [-0.3, -0.25) is 0 Å². The summed E-state index contributed by atoms with van der Waals surface area (Å²) in [5.74, 6) is 2.30. The molecule has 0 saturated heterocycles. The van der Waals surface area contributed by atoms with Crippen LogP contribution in [-0.4, -0.2) is 26.2 Å². The van der Waals surface area contributed by atoms with Gasteiger partial charge in [0.25, 0.3) is 0 Å². The third kappa shape index (κ3) is 2.89. The topological polar surface area (TPSA) is 80.3 Å². The molecule has 25 heavy (non-hydrogen) atoms. The predicted octanol–water partition coefficient (Wildman–Crippen LogP) is 2.34. The van der Waals surface area contributed by atoms with Gasteiger partial charge in [-0.1, -0.05) is 12.1 Å². The molecular weight excluding hydrogens is 328 g/mol. The van der Waals surface area contributed by atoms with Gasteiger partial charge in [-0.05, 0) is 35.4 Å². The standard InChI is InChI=1S/C18H14O7/c19-7-17(11-1-3-13-15(5-11)23-9-21-13)25-18(8-20)12-2-4-14-16(6-12)24-10-22-14/h1-8,17-18H,9-10H2. The van der Waals surface area contributed by atoms with Crippen LogP contribution in [0.2, 0.25) is 0 Å². The molecule has 0 N–H and O–H groups in total. The maximum Gasteiger partial charge on any atom is 0.231 e. The van der Waals surface area contributed by atoms with E-state index < -0.39 is 12.2 Å². The largest absolute Gasteiger partial charge is 0.454 e. The monoisotopic (exact) mass is 342 g/mol. The van der Waals surface area contributed by atoms with Crippen LogP contribution in [0.3, 0.4) is 0 Å². The number of hydrogen-bond donors (Lipinski definition) is 0. The first-order valence-electron chi connectivity index (χ1n) is 7.63. The van der Waals surface area contributed by atoms with Crippen molar-refractivity contribution in [1.29, 1.82) is 0 Å². The highest BCUT2D eigenvalue weighted by Gasteiger charge is 2.24. The molecule has 2 aromatic rings. The minimum Gasteiger partial charge on any atom is -0.454 e. The molecule has 0 fully saturated rings. The van der Waals surface area contributed by atoms with Crippen molar-refractivity contribution in [1.82, 2.24) is 0 Å². The summed E-state index contributed by atoms with van der Waals surface area (Å²) >= 11 is 0. The molecule has 2 atom stereocenters. The highest BCUT2D eigenvalue weighted by molar-refractivity contribution is 5.65. The van der Waals surface area contributed by atoms with Gasteiger partial charge in [0.1, 0.15) is 12.2 Å². The van der Waals surface area contributed by atoms with Crippen LogP contribution in [0, 0.1) is 0 Å². The highest BCUT2D eigenvalue weighted by atomic mass is 16.7. The molecule has 0 aliphatic carbocycles. The SMILES string of the molecule is O=CC(OC(C=O)c1ccc2c(c1)OCO2)c1ccc2c(c1)OCO2. The van der Waals surface area contributed by atoms with E-state index in [-0.39, 0.29) is 13.6 Å². The summed E-state index contributed by atoms with van der Waals surface area (Å²) in [6.45, 7) is 0.277. The summed E-state index contributed by atoms with van der Waals surface area (Å²) in [6, 6.07) is 10.1. The smallest absolute Gasteiger partial charge is 0.231 e. The zero-order valence-electron chi connectivity index (χ0n) is 13.0. The van der Waals surface area contributed by atoms with Crippen LogP contribution in [0.15, 0.2) is 36.4 Å². The van der Waals surface area contributed by atoms with Gasteiger partial charge in [-0.25, -0.2) is 0 Å². The first-order valence-corrected chi connectivity index (χ1v) is 7.63. The summed E-state index contributed by atoms with van der Waals surface area (Å²) in [4.78, 5) is 23.0. The van der Waals surface area contributed by atoms with E-state index in [2.05, 4.69) is 0 Å². The number of carbonyl (C=O) groups is 2. The first kappa shape index (κ1) is 15.5.